The highest BCUT2D eigenvalue weighted by atomic mass is 32.2. The average Bonchev–Trinajstić information content (AvgIpc) is 3.00. The van der Waals surface area contributed by atoms with Gasteiger partial charge in [0.2, 0.25) is 0 Å². The summed E-state index contributed by atoms with van der Waals surface area (Å²) in [6, 6.07) is 0. The maximum Gasteiger partial charge on any atom is 0.673 e. The van der Waals surface area contributed by atoms with Gasteiger partial charge in [-0.1, -0.05) is 63.6 Å². The van der Waals surface area contributed by atoms with Crippen LogP contribution in [-0.4, -0.2) is 30.1 Å². The maximum atomic E-state index is 9.75. The van der Waals surface area contributed by atoms with Crippen molar-refractivity contribution < 1.29 is 17.3 Å². The van der Waals surface area contributed by atoms with E-state index in [4.69, 9.17) is 0 Å². The molecule has 0 aromatic rings. The summed E-state index contributed by atoms with van der Waals surface area (Å²) in [5.74, 6) is 0. The molecule has 0 amide bonds. The summed E-state index contributed by atoms with van der Waals surface area (Å²) in [6.45, 7) is 7.05. The van der Waals surface area contributed by atoms with Gasteiger partial charge in [-0.3, -0.25) is 0 Å². The molecule has 1 heterocycles. The monoisotopic (exact) mass is 392 g/mol. The van der Waals surface area contributed by atoms with Gasteiger partial charge in [0.1, 0.15) is 0 Å². The number of thioether (sulfide) groups is 2. The number of rotatable bonds is 10. The van der Waals surface area contributed by atoms with Crippen molar-refractivity contribution in [3.63, 3.8) is 0 Å². The number of unbranched alkanes of at least 4 members (excludes halogenated alkanes) is 3. The van der Waals surface area contributed by atoms with E-state index in [1.165, 1.54) is 38.5 Å². The van der Waals surface area contributed by atoms with E-state index in [9.17, 15) is 17.3 Å². The van der Waals surface area contributed by atoms with E-state index in [1.54, 1.807) is 18.5 Å². The summed E-state index contributed by atoms with van der Waals surface area (Å²) in [5, 5.41) is 4.68. The SMILES string of the molecule is CCCC[P+](CCCC)(CCCC)C1SC=CS1.F[B-](F)(F)F. The second-order valence-corrected chi connectivity index (χ2v) is 13.1. The Morgan fingerprint density at radius 2 is 1.09 bits per heavy atom. The Morgan fingerprint density at radius 1 is 0.783 bits per heavy atom. The molecule has 0 spiro atoms. The van der Waals surface area contributed by atoms with E-state index < -0.39 is 14.5 Å². The Morgan fingerprint density at radius 3 is 1.35 bits per heavy atom. The zero-order chi connectivity index (χ0) is 17.8. The van der Waals surface area contributed by atoms with Crippen molar-refractivity contribution in [3.05, 3.63) is 10.8 Å². The van der Waals surface area contributed by atoms with Gasteiger partial charge in [0, 0.05) is 7.26 Å². The predicted molar refractivity (Wildman–Crippen MR) is 105 cm³/mol. The summed E-state index contributed by atoms with van der Waals surface area (Å²) >= 11 is 4.26. The molecule has 1 aliphatic rings. The van der Waals surface area contributed by atoms with E-state index in [-0.39, 0.29) is 0 Å². The van der Waals surface area contributed by atoms with Crippen LogP contribution < -0.4 is 0 Å². The first-order chi connectivity index (χ1) is 10.8. The van der Waals surface area contributed by atoms with Gasteiger partial charge in [-0.2, -0.15) is 0 Å². The fourth-order valence-electron chi connectivity index (χ4n) is 2.56. The molecule has 8 heteroatoms. The maximum absolute atomic E-state index is 9.75. The Labute approximate surface area is 148 Å². The molecule has 0 fully saturated rings. The van der Waals surface area contributed by atoms with E-state index in [0.717, 1.165) is 4.32 Å². The first kappa shape index (κ1) is 23.7. The Kier molecular flexibility index (Phi) is 13.3. The van der Waals surface area contributed by atoms with Crippen molar-refractivity contribution >= 4 is 38.0 Å². The van der Waals surface area contributed by atoms with Crippen molar-refractivity contribution in [2.45, 2.75) is 63.6 Å². The second kappa shape index (κ2) is 12.9. The summed E-state index contributed by atoms with van der Waals surface area (Å²) in [7, 11) is -6.73. The van der Waals surface area contributed by atoms with Gasteiger partial charge >= 0.3 is 7.25 Å². The molecular formula is C15H30BF4PS2. The van der Waals surface area contributed by atoms with Crippen LogP contribution in [0.2, 0.25) is 0 Å². The topological polar surface area (TPSA) is 0 Å². The van der Waals surface area contributed by atoms with Crippen molar-refractivity contribution in [2.24, 2.45) is 0 Å². The van der Waals surface area contributed by atoms with Crippen molar-refractivity contribution in [1.82, 2.24) is 0 Å². The minimum atomic E-state index is -6.00. The largest absolute Gasteiger partial charge is 0.673 e. The van der Waals surface area contributed by atoms with E-state index >= 15 is 0 Å². The van der Waals surface area contributed by atoms with Crippen molar-refractivity contribution in [3.8, 4) is 0 Å². The zero-order valence-corrected chi connectivity index (χ0v) is 17.0. The average molecular weight is 392 g/mol. The molecule has 0 bridgehead atoms. The minimum Gasteiger partial charge on any atom is -0.418 e. The number of hydrogen-bond acceptors (Lipinski definition) is 2. The summed E-state index contributed by atoms with van der Waals surface area (Å²) in [6.07, 6.45) is 13.1. The first-order valence-corrected chi connectivity index (χ1v) is 12.8. The van der Waals surface area contributed by atoms with Crippen molar-refractivity contribution in [2.75, 3.05) is 18.5 Å². The lowest BCUT2D eigenvalue weighted by Crippen LogP contribution is -2.16. The van der Waals surface area contributed by atoms with Gasteiger partial charge in [0.25, 0.3) is 0 Å². The number of hydrogen-bond donors (Lipinski definition) is 0. The normalized spacial score (nSPS) is 15.6. The van der Waals surface area contributed by atoms with Crippen LogP contribution in [0, 0.1) is 0 Å². The van der Waals surface area contributed by atoms with Gasteiger partial charge < -0.3 is 17.3 Å². The Balaban J connectivity index is 0.000000841. The molecule has 0 radical (unpaired) electrons. The van der Waals surface area contributed by atoms with Crippen LogP contribution in [0.5, 0.6) is 0 Å². The quantitative estimate of drug-likeness (QED) is 0.210. The van der Waals surface area contributed by atoms with E-state index in [2.05, 4.69) is 55.1 Å². The van der Waals surface area contributed by atoms with E-state index in [0.29, 0.717) is 0 Å². The molecule has 1 rings (SSSR count). The molecule has 0 saturated carbocycles. The molecule has 0 saturated heterocycles. The third-order valence-electron chi connectivity index (χ3n) is 3.76. The van der Waals surface area contributed by atoms with Crippen LogP contribution in [0.25, 0.3) is 0 Å². The van der Waals surface area contributed by atoms with Gasteiger partial charge in [-0.15, -0.1) is 0 Å². The standard InChI is InChI=1S/C15H30PS2.BF4/c1-4-7-10-16(11-8-5-2,12-9-6-3)15-17-13-14-18-15;2-1(3,4)5/h13-15H,4-12H2,1-3H3;/q+1;-1. The molecule has 0 nitrogen and oxygen atoms in total. The lowest BCUT2D eigenvalue weighted by atomic mass is 10.3. The second-order valence-electron chi connectivity index (χ2n) is 5.80. The molecule has 0 atom stereocenters. The van der Waals surface area contributed by atoms with Crippen molar-refractivity contribution in [1.29, 1.82) is 0 Å². The molecule has 0 aromatic carbocycles. The molecule has 0 N–H and O–H groups in total. The first-order valence-electron chi connectivity index (χ1n) is 8.48. The third-order valence-corrected chi connectivity index (χ3v) is 13.6. The molecule has 0 unspecified atom stereocenters. The lowest BCUT2D eigenvalue weighted by molar-refractivity contribution is 0.368. The minimum absolute atomic E-state index is 0.730. The molecule has 0 aromatic heterocycles. The Bertz CT molecular complexity index is 291. The molecule has 138 valence electrons. The van der Waals surface area contributed by atoms with Crippen LogP contribution in [-0.2, 0) is 0 Å². The van der Waals surface area contributed by atoms with Gasteiger partial charge in [0.15, 0.2) is 4.32 Å². The highest BCUT2D eigenvalue weighted by molar-refractivity contribution is 8.30. The predicted octanol–water partition coefficient (Wildman–Crippen LogP) is 7.94. The van der Waals surface area contributed by atoms with E-state index in [1.807, 2.05) is 0 Å². The fourth-order valence-corrected chi connectivity index (χ4v) is 12.5. The Hall–Kier alpha value is 0.655. The van der Waals surface area contributed by atoms with Gasteiger partial charge in [-0.25, -0.2) is 0 Å². The lowest BCUT2D eigenvalue weighted by Gasteiger charge is -2.32. The summed E-state index contributed by atoms with van der Waals surface area (Å²) in [5.41, 5.74) is 0. The highest BCUT2D eigenvalue weighted by Gasteiger charge is 2.45. The van der Waals surface area contributed by atoms with Gasteiger partial charge in [0.05, 0.1) is 18.5 Å². The summed E-state index contributed by atoms with van der Waals surface area (Å²) < 4.78 is 39.9. The van der Waals surface area contributed by atoms with Crippen LogP contribution in [0.3, 0.4) is 0 Å². The van der Waals surface area contributed by atoms with Crippen LogP contribution in [0.15, 0.2) is 10.8 Å². The molecule has 23 heavy (non-hydrogen) atoms. The fraction of sp³-hybridized carbons (Fsp3) is 0.867. The van der Waals surface area contributed by atoms with Crippen LogP contribution >= 0.6 is 30.8 Å². The number of halogens is 4. The van der Waals surface area contributed by atoms with Gasteiger partial charge in [-0.05, 0) is 30.1 Å². The molecular weight excluding hydrogens is 362 g/mol. The molecule has 1 aliphatic heterocycles. The zero-order valence-electron chi connectivity index (χ0n) is 14.4. The van der Waals surface area contributed by atoms with Crippen LogP contribution in [0.1, 0.15) is 59.3 Å². The third kappa shape index (κ3) is 11.8. The summed E-state index contributed by atoms with van der Waals surface area (Å²) in [4.78, 5) is 0. The smallest absolute Gasteiger partial charge is 0.418 e. The van der Waals surface area contributed by atoms with Crippen LogP contribution in [0.4, 0.5) is 17.3 Å². The molecule has 0 aliphatic carbocycles. The highest BCUT2D eigenvalue weighted by Crippen LogP contribution is 2.72.